The molecule has 0 aliphatic carbocycles. The number of benzene rings is 1. The number of likely N-dealkylation sites (N-methyl/N-ethyl adjacent to an activating group) is 1. The molecular weight excluding hydrogens is 316 g/mol. The number of methoxy groups -OCH3 is 1. The minimum atomic E-state index is 0.0106. The molecule has 0 spiro atoms. The van der Waals surface area contributed by atoms with Gasteiger partial charge in [-0.2, -0.15) is 5.10 Å². The molecule has 132 valence electrons. The Labute approximate surface area is 147 Å². The first-order valence-corrected chi connectivity index (χ1v) is 8.31. The van der Waals surface area contributed by atoms with Crippen LogP contribution in [0.15, 0.2) is 24.3 Å². The van der Waals surface area contributed by atoms with Crippen LogP contribution in [0.5, 0.6) is 5.75 Å². The van der Waals surface area contributed by atoms with Crippen molar-refractivity contribution in [3.63, 3.8) is 0 Å². The number of carbonyl (C=O) groups excluding carboxylic acids is 1. The molecule has 3 rings (SSSR count). The minimum absolute atomic E-state index is 0.0106. The maximum absolute atomic E-state index is 12.9. The second kappa shape index (κ2) is 6.63. The van der Waals surface area contributed by atoms with E-state index >= 15 is 0 Å². The molecule has 3 aromatic rings. The van der Waals surface area contributed by atoms with Gasteiger partial charge >= 0.3 is 0 Å². The van der Waals surface area contributed by atoms with Crippen LogP contribution in [0.25, 0.3) is 10.9 Å². The third kappa shape index (κ3) is 3.12. The van der Waals surface area contributed by atoms with Crippen LogP contribution in [-0.2, 0) is 13.5 Å². The number of amides is 1. The molecule has 0 atom stereocenters. The molecule has 0 aliphatic rings. The predicted octanol–water partition coefficient (Wildman–Crippen LogP) is 2.84. The average Bonchev–Trinajstić information content (AvgIpc) is 3.11. The fourth-order valence-electron chi connectivity index (χ4n) is 3.16. The lowest BCUT2D eigenvalue weighted by Gasteiger charge is -2.17. The van der Waals surface area contributed by atoms with Gasteiger partial charge in [0, 0.05) is 37.8 Å². The van der Waals surface area contributed by atoms with Gasteiger partial charge in [0.2, 0.25) is 0 Å². The van der Waals surface area contributed by atoms with E-state index in [1.807, 2.05) is 56.8 Å². The highest BCUT2D eigenvalue weighted by molar-refractivity contribution is 5.98. The maximum Gasteiger partial charge on any atom is 0.270 e. The first-order chi connectivity index (χ1) is 11.9. The van der Waals surface area contributed by atoms with Gasteiger partial charge in [-0.3, -0.25) is 9.89 Å². The molecule has 1 aromatic carbocycles. The minimum Gasteiger partial charge on any atom is -0.497 e. The molecule has 0 saturated heterocycles. The van der Waals surface area contributed by atoms with E-state index in [1.54, 1.807) is 12.0 Å². The van der Waals surface area contributed by atoms with E-state index in [0.29, 0.717) is 12.2 Å². The third-order valence-electron chi connectivity index (χ3n) is 4.80. The Kier molecular flexibility index (Phi) is 4.53. The van der Waals surface area contributed by atoms with Crippen LogP contribution >= 0.6 is 0 Å². The summed E-state index contributed by atoms with van der Waals surface area (Å²) in [6, 6.07) is 7.76. The van der Waals surface area contributed by atoms with Gasteiger partial charge in [-0.15, -0.1) is 0 Å². The number of hydrogen-bond acceptors (Lipinski definition) is 3. The van der Waals surface area contributed by atoms with Crippen LogP contribution in [0, 0.1) is 13.8 Å². The Bertz CT molecular complexity index is 904. The summed E-state index contributed by atoms with van der Waals surface area (Å²) in [4.78, 5) is 14.6. The number of carbonyl (C=O) groups is 1. The van der Waals surface area contributed by atoms with Crippen LogP contribution in [0.3, 0.4) is 0 Å². The van der Waals surface area contributed by atoms with Gasteiger partial charge in [0.15, 0.2) is 0 Å². The molecule has 0 bridgehead atoms. The first-order valence-electron chi connectivity index (χ1n) is 8.31. The number of fused-ring (bicyclic) bond motifs is 1. The van der Waals surface area contributed by atoms with Crippen molar-refractivity contribution in [1.82, 2.24) is 19.7 Å². The highest BCUT2D eigenvalue weighted by Crippen LogP contribution is 2.24. The number of aryl methyl sites for hydroxylation is 3. The van der Waals surface area contributed by atoms with Crippen LogP contribution in [0.1, 0.15) is 27.4 Å². The quantitative estimate of drug-likeness (QED) is 0.777. The normalized spacial score (nSPS) is 11.1. The fourth-order valence-corrected chi connectivity index (χ4v) is 3.16. The Balaban J connectivity index is 1.80. The number of aromatic amines is 1. The summed E-state index contributed by atoms with van der Waals surface area (Å²) < 4.78 is 7.20. The van der Waals surface area contributed by atoms with E-state index in [4.69, 9.17) is 4.74 Å². The van der Waals surface area contributed by atoms with E-state index in [0.717, 1.165) is 34.5 Å². The standard InChI is InChI=1S/C19H24N4O2/c1-12-16(13(2)21-20-12)8-9-22(3)19(24)18-10-14-6-7-15(25-5)11-17(14)23(18)4/h6-7,10-11H,8-9H2,1-5H3,(H,20,21). The fraction of sp³-hybridized carbons (Fsp3) is 0.368. The van der Waals surface area contributed by atoms with Crippen LogP contribution in [-0.4, -0.2) is 46.3 Å². The van der Waals surface area contributed by atoms with Crippen molar-refractivity contribution >= 4 is 16.8 Å². The molecule has 1 amide bonds. The topological polar surface area (TPSA) is 63.1 Å². The van der Waals surface area contributed by atoms with Crippen molar-refractivity contribution in [2.45, 2.75) is 20.3 Å². The number of nitrogens with one attached hydrogen (secondary N) is 1. The molecule has 2 heterocycles. The zero-order valence-electron chi connectivity index (χ0n) is 15.4. The number of rotatable bonds is 5. The summed E-state index contributed by atoms with van der Waals surface area (Å²) in [6.45, 7) is 4.64. The lowest BCUT2D eigenvalue weighted by molar-refractivity contribution is 0.0787. The van der Waals surface area contributed by atoms with Crippen LogP contribution in [0.2, 0.25) is 0 Å². The summed E-state index contributed by atoms with van der Waals surface area (Å²) in [5, 5.41) is 8.23. The highest BCUT2D eigenvalue weighted by Gasteiger charge is 2.18. The second-order valence-electron chi connectivity index (χ2n) is 6.40. The number of H-pyrrole nitrogens is 1. The van der Waals surface area contributed by atoms with Gasteiger partial charge in [0.25, 0.3) is 5.91 Å². The molecule has 6 heteroatoms. The average molecular weight is 340 g/mol. The lowest BCUT2D eigenvalue weighted by Crippen LogP contribution is -2.30. The van der Waals surface area contributed by atoms with E-state index in [-0.39, 0.29) is 5.91 Å². The number of aromatic nitrogens is 3. The van der Waals surface area contributed by atoms with Crippen LogP contribution in [0.4, 0.5) is 0 Å². The van der Waals surface area contributed by atoms with Crippen LogP contribution < -0.4 is 4.74 Å². The molecular formula is C19H24N4O2. The van der Waals surface area contributed by atoms with Crippen molar-refractivity contribution in [3.8, 4) is 5.75 Å². The van der Waals surface area contributed by atoms with Gasteiger partial charge in [-0.25, -0.2) is 0 Å². The summed E-state index contributed by atoms with van der Waals surface area (Å²) in [5.74, 6) is 0.795. The van der Waals surface area contributed by atoms with Crippen molar-refractivity contribution in [2.75, 3.05) is 20.7 Å². The van der Waals surface area contributed by atoms with Crippen molar-refractivity contribution in [3.05, 3.63) is 46.9 Å². The molecule has 0 radical (unpaired) electrons. The second-order valence-corrected chi connectivity index (χ2v) is 6.40. The van der Waals surface area contributed by atoms with Gasteiger partial charge in [0.05, 0.1) is 18.3 Å². The summed E-state index contributed by atoms with van der Waals surface area (Å²) in [6.07, 6.45) is 0.786. The predicted molar refractivity (Wildman–Crippen MR) is 98.2 cm³/mol. The van der Waals surface area contributed by atoms with Crippen molar-refractivity contribution < 1.29 is 9.53 Å². The SMILES string of the molecule is COc1ccc2cc(C(=O)N(C)CCc3c(C)n[nH]c3C)n(C)c2c1. The number of nitrogens with zero attached hydrogens (tertiary/aromatic N) is 3. The zero-order chi connectivity index (χ0) is 18.1. The summed E-state index contributed by atoms with van der Waals surface area (Å²) in [5.41, 5.74) is 4.90. The molecule has 0 aliphatic heterocycles. The smallest absolute Gasteiger partial charge is 0.270 e. The lowest BCUT2D eigenvalue weighted by atomic mass is 10.1. The zero-order valence-corrected chi connectivity index (χ0v) is 15.4. The monoisotopic (exact) mass is 340 g/mol. The summed E-state index contributed by atoms with van der Waals surface area (Å²) in [7, 11) is 5.39. The van der Waals surface area contributed by atoms with Crippen molar-refractivity contribution in [2.24, 2.45) is 7.05 Å². The first kappa shape index (κ1) is 17.1. The molecule has 2 aromatic heterocycles. The molecule has 0 saturated carbocycles. The Morgan fingerprint density at radius 3 is 2.72 bits per heavy atom. The largest absolute Gasteiger partial charge is 0.497 e. The van der Waals surface area contributed by atoms with E-state index in [1.165, 1.54) is 5.56 Å². The maximum atomic E-state index is 12.9. The Morgan fingerprint density at radius 1 is 1.32 bits per heavy atom. The van der Waals surface area contributed by atoms with Gasteiger partial charge in [-0.05, 0) is 44.0 Å². The van der Waals surface area contributed by atoms with E-state index in [9.17, 15) is 4.79 Å². The highest BCUT2D eigenvalue weighted by atomic mass is 16.5. The molecule has 0 unspecified atom stereocenters. The summed E-state index contributed by atoms with van der Waals surface area (Å²) >= 11 is 0. The molecule has 1 N–H and O–H groups in total. The molecule has 25 heavy (non-hydrogen) atoms. The third-order valence-corrected chi connectivity index (χ3v) is 4.80. The molecule has 0 fully saturated rings. The Morgan fingerprint density at radius 2 is 2.08 bits per heavy atom. The van der Waals surface area contributed by atoms with Gasteiger partial charge < -0.3 is 14.2 Å². The van der Waals surface area contributed by atoms with E-state index in [2.05, 4.69) is 10.2 Å². The van der Waals surface area contributed by atoms with E-state index < -0.39 is 0 Å². The van der Waals surface area contributed by atoms with Gasteiger partial charge in [-0.1, -0.05) is 0 Å². The van der Waals surface area contributed by atoms with Crippen molar-refractivity contribution in [1.29, 1.82) is 0 Å². The number of hydrogen-bond donors (Lipinski definition) is 1. The molecule has 6 nitrogen and oxygen atoms in total. The Hall–Kier alpha value is -2.76. The van der Waals surface area contributed by atoms with Gasteiger partial charge in [0.1, 0.15) is 11.4 Å². The number of ether oxygens (including phenoxy) is 1.